The van der Waals surface area contributed by atoms with Crippen LogP contribution in [0.3, 0.4) is 0 Å². The Kier molecular flexibility index (Phi) is 5.28. The first-order chi connectivity index (χ1) is 11.7. The van der Waals surface area contributed by atoms with Gasteiger partial charge in [0.15, 0.2) is 0 Å². The molecule has 1 aromatic carbocycles. The van der Waals surface area contributed by atoms with Crippen LogP contribution in [0, 0.1) is 0 Å². The quantitative estimate of drug-likeness (QED) is 0.671. The van der Waals surface area contributed by atoms with Crippen LogP contribution in [0.5, 0.6) is 0 Å². The predicted molar refractivity (Wildman–Crippen MR) is 92.0 cm³/mol. The zero-order valence-corrected chi connectivity index (χ0v) is 13.9. The van der Waals surface area contributed by atoms with E-state index in [1.54, 1.807) is 23.3 Å². The molecule has 0 saturated heterocycles. The molecule has 0 aliphatic carbocycles. The van der Waals surface area contributed by atoms with E-state index in [4.69, 9.17) is 11.6 Å². The second-order valence-corrected chi connectivity index (χ2v) is 5.87. The van der Waals surface area contributed by atoms with Crippen molar-refractivity contribution in [2.24, 2.45) is 0 Å². The molecule has 1 amide bonds. The molecule has 0 bridgehead atoms. The first-order valence-electron chi connectivity index (χ1n) is 7.73. The summed E-state index contributed by atoms with van der Waals surface area (Å²) in [6.07, 6.45) is 7.79. The molecule has 6 nitrogen and oxygen atoms in total. The topological polar surface area (TPSA) is 64.7 Å². The highest BCUT2D eigenvalue weighted by Crippen LogP contribution is 2.07. The van der Waals surface area contributed by atoms with Gasteiger partial charge < -0.3 is 5.32 Å². The maximum atomic E-state index is 12.2. The van der Waals surface area contributed by atoms with Crippen molar-refractivity contribution in [3.8, 4) is 0 Å². The average Bonchev–Trinajstić information content (AvgIpc) is 3.23. The molecule has 24 heavy (non-hydrogen) atoms. The smallest absolute Gasteiger partial charge is 0.251 e. The molecule has 0 fully saturated rings. The number of aryl methyl sites for hydroxylation is 1. The summed E-state index contributed by atoms with van der Waals surface area (Å²) < 4.78 is 3.59. The summed E-state index contributed by atoms with van der Waals surface area (Å²) in [4.78, 5) is 12.2. The third kappa shape index (κ3) is 4.45. The summed E-state index contributed by atoms with van der Waals surface area (Å²) in [5.41, 5.74) is 1.69. The number of carbonyl (C=O) groups is 1. The SMILES string of the molecule is O=C(NCCCn1cc(Cl)cn1)c1cccc(Cn2cccn2)c1. The number of rotatable bonds is 7. The van der Waals surface area contributed by atoms with Gasteiger partial charge in [-0.25, -0.2) is 0 Å². The molecule has 0 atom stereocenters. The van der Waals surface area contributed by atoms with E-state index < -0.39 is 0 Å². The highest BCUT2D eigenvalue weighted by atomic mass is 35.5. The summed E-state index contributed by atoms with van der Waals surface area (Å²) in [6.45, 7) is 1.94. The number of nitrogens with one attached hydrogen (secondary N) is 1. The minimum absolute atomic E-state index is 0.0733. The third-order valence-electron chi connectivity index (χ3n) is 3.54. The van der Waals surface area contributed by atoms with Crippen molar-refractivity contribution in [3.05, 3.63) is 71.3 Å². The minimum Gasteiger partial charge on any atom is -0.352 e. The zero-order valence-electron chi connectivity index (χ0n) is 13.1. The number of aromatic nitrogens is 4. The molecule has 1 N–H and O–H groups in total. The fourth-order valence-corrected chi connectivity index (χ4v) is 2.55. The normalized spacial score (nSPS) is 10.7. The van der Waals surface area contributed by atoms with Gasteiger partial charge in [-0.15, -0.1) is 0 Å². The maximum absolute atomic E-state index is 12.2. The number of hydrogen-bond donors (Lipinski definition) is 1. The number of carbonyl (C=O) groups excluding carboxylic acids is 1. The summed E-state index contributed by atoms with van der Waals surface area (Å²) in [6, 6.07) is 9.46. The highest BCUT2D eigenvalue weighted by molar-refractivity contribution is 6.30. The van der Waals surface area contributed by atoms with Crippen LogP contribution >= 0.6 is 11.6 Å². The van der Waals surface area contributed by atoms with Gasteiger partial charge in [-0.05, 0) is 30.2 Å². The molecular weight excluding hydrogens is 326 g/mol. The van der Waals surface area contributed by atoms with E-state index in [0.29, 0.717) is 30.2 Å². The van der Waals surface area contributed by atoms with E-state index in [2.05, 4.69) is 15.5 Å². The lowest BCUT2D eigenvalue weighted by Crippen LogP contribution is -2.25. The summed E-state index contributed by atoms with van der Waals surface area (Å²) >= 11 is 5.81. The minimum atomic E-state index is -0.0733. The number of nitrogens with zero attached hydrogens (tertiary/aromatic N) is 4. The molecule has 0 radical (unpaired) electrons. The number of benzene rings is 1. The van der Waals surface area contributed by atoms with Crippen molar-refractivity contribution in [3.63, 3.8) is 0 Å². The Balaban J connectivity index is 1.49. The Morgan fingerprint density at radius 3 is 2.88 bits per heavy atom. The molecule has 0 aliphatic rings. The number of halogens is 1. The largest absolute Gasteiger partial charge is 0.352 e. The molecule has 3 rings (SSSR count). The number of amides is 1. The Hall–Kier alpha value is -2.60. The van der Waals surface area contributed by atoms with E-state index >= 15 is 0 Å². The fraction of sp³-hybridized carbons (Fsp3) is 0.235. The first kappa shape index (κ1) is 16.3. The molecule has 0 saturated carbocycles. The van der Waals surface area contributed by atoms with E-state index in [1.807, 2.05) is 41.2 Å². The van der Waals surface area contributed by atoms with Crippen molar-refractivity contribution >= 4 is 17.5 Å². The van der Waals surface area contributed by atoms with Crippen molar-refractivity contribution in [1.29, 1.82) is 0 Å². The molecule has 7 heteroatoms. The highest BCUT2D eigenvalue weighted by Gasteiger charge is 2.06. The van der Waals surface area contributed by atoms with Crippen LogP contribution in [0.1, 0.15) is 22.3 Å². The Labute approximate surface area is 145 Å². The van der Waals surface area contributed by atoms with Crippen molar-refractivity contribution in [2.45, 2.75) is 19.5 Å². The Morgan fingerprint density at radius 1 is 1.21 bits per heavy atom. The van der Waals surface area contributed by atoms with Crippen LogP contribution in [0.25, 0.3) is 0 Å². The third-order valence-corrected chi connectivity index (χ3v) is 3.74. The standard InChI is InChI=1S/C17H18ClN5O/c18-16-11-21-23(13-16)8-2-6-19-17(24)15-5-1-4-14(10-15)12-22-9-3-7-20-22/h1,3-5,7,9-11,13H,2,6,8,12H2,(H,19,24). The van der Waals surface area contributed by atoms with Gasteiger partial charge in [-0.3, -0.25) is 14.2 Å². The van der Waals surface area contributed by atoms with E-state index in [-0.39, 0.29) is 5.91 Å². The van der Waals surface area contributed by atoms with Crippen molar-refractivity contribution < 1.29 is 4.79 Å². The lowest BCUT2D eigenvalue weighted by molar-refractivity contribution is 0.0952. The van der Waals surface area contributed by atoms with Crippen molar-refractivity contribution in [1.82, 2.24) is 24.9 Å². The molecule has 0 aliphatic heterocycles. The van der Waals surface area contributed by atoms with Crippen LogP contribution in [0.15, 0.2) is 55.1 Å². The maximum Gasteiger partial charge on any atom is 0.251 e. The van der Waals surface area contributed by atoms with Crippen molar-refractivity contribution in [2.75, 3.05) is 6.54 Å². The van der Waals surface area contributed by atoms with E-state index in [1.165, 1.54) is 0 Å². The molecule has 3 aromatic rings. The second-order valence-electron chi connectivity index (χ2n) is 5.44. The van der Waals surface area contributed by atoms with E-state index in [9.17, 15) is 4.79 Å². The Morgan fingerprint density at radius 2 is 2.12 bits per heavy atom. The van der Waals surface area contributed by atoms with Gasteiger partial charge in [-0.2, -0.15) is 10.2 Å². The fourth-order valence-electron chi connectivity index (χ4n) is 2.40. The summed E-state index contributed by atoms with van der Waals surface area (Å²) in [5, 5.41) is 11.8. The molecule has 0 unspecified atom stereocenters. The molecule has 124 valence electrons. The van der Waals surface area contributed by atoms with Crippen LogP contribution in [-0.4, -0.2) is 32.0 Å². The molecule has 2 aromatic heterocycles. The van der Waals surface area contributed by atoms with Gasteiger partial charge in [0.05, 0.1) is 17.8 Å². The average molecular weight is 344 g/mol. The summed E-state index contributed by atoms with van der Waals surface area (Å²) in [7, 11) is 0. The predicted octanol–water partition coefficient (Wildman–Crippen LogP) is 2.60. The van der Waals surface area contributed by atoms with E-state index in [0.717, 1.165) is 12.0 Å². The number of hydrogen-bond acceptors (Lipinski definition) is 3. The molecule has 0 spiro atoms. The molecule has 2 heterocycles. The van der Waals surface area contributed by atoms with Gasteiger partial charge >= 0.3 is 0 Å². The van der Waals surface area contributed by atoms with Gasteiger partial charge in [-0.1, -0.05) is 23.7 Å². The van der Waals surface area contributed by atoms with Crippen LogP contribution < -0.4 is 5.32 Å². The zero-order chi connectivity index (χ0) is 16.8. The van der Waals surface area contributed by atoms with Gasteiger partial charge in [0.25, 0.3) is 5.91 Å². The summed E-state index contributed by atoms with van der Waals surface area (Å²) in [5.74, 6) is -0.0733. The van der Waals surface area contributed by atoms with Gasteiger partial charge in [0.1, 0.15) is 0 Å². The van der Waals surface area contributed by atoms with Gasteiger partial charge in [0, 0.05) is 37.2 Å². The second kappa shape index (κ2) is 7.79. The monoisotopic (exact) mass is 343 g/mol. The van der Waals surface area contributed by atoms with Crippen LogP contribution in [0.4, 0.5) is 0 Å². The van der Waals surface area contributed by atoms with Crippen LogP contribution in [0.2, 0.25) is 5.02 Å². The lowest BCUT2D eigenvalue weighted by Gasteiger charge is -2.07. The molecular formula is C17H18ClN5O. The van der Waals surface area contributed by atoms with Gasteiger partial charge in [0.2, 0.25) is 0 Å². The van der Waals surface area contributed by atoms with Crippen LogP contribution in [-0.2, 0) is 13.1 Å². The first-order valence-corrected chi connectivity index (χ1v) is 8.11. The lowest BCUT2D eigenvalue weighted by atomic mass is 10.1. The Bertz CT molecular complexity index is 797.